The van der Waals surface area contributed by atoms with Crippen LogP contribution in [0.15, 0.2) is 170 Å². The van der Waals surface area contributed by atoms with Crippen LogP contribution in [-0.2, 0) is 51.8 Å². The lowest BCUT2D eigenvalue weighted by Gasteiger charge is -2.34. The molecule has 12 aromatic rings. The highest BCUT2D eigenvalue weighted by atomic mass is 15.2. The number of aromatic nitrogens is 12. The van der Waals surface area contributed by atoms with Gasteiger partial charge in [-0.25, -0.2) is 19.9 Å². The minimum Gasteiger partial charge on any atom is -0.341 e. The van der Waals surface area contributed by atoms with Crippen LogP contribution >= 0.6 is 0 Å². The highest BCUT2D eigenvalue weighted by molar-refractivity contribution is 5.76. The molecule has 4 aliphatic rings. The topological polar surface area (TPSA) is 283 Å². The first-order valence-electron chi connectivity index (χ1n) is 52.9. The first kappa shape index (κ1) is 41.1. The highest BCUT2D eigenvalue weighted by Gasteiger charge is 2.32. The standard InChI is InChI=1S/4C21H27N5/c4*22-12-3-4-14-26(15-20-24-17-9-1-2-10-18(17)25-20)19-11-5-7-16-8-6-13-23-21(16)19/h4*1-2,6,8-10,13,19H,3-5,7,11-12,14-15,22H2,(H,24,25)/t4*19-/m0000/s1/i1D,2D,3D2,4D2,9D,10D,12D2,14D2;1D,2D,3D2,4D2,9D,10D,14D2;1D,2D,5D2,7D2,9D,10D;1D,2D,7D2,9D,10D. The predicted molar refractivity (Wildman–Crippen MR) is 419 cm³/mol. The first-order valence-corrected chi connectivity index (χ1v) is 34.9. The summed E-state index contributed by atoms with van der Waals surface area (Å²) in [5, 5.41) is 0. The predicted octanol–water partition coefficient (Wildman–Crippen LogP) is 14.3. The number of unbranched alkanes of at least 4 members (excludes halogenated alkanes) is 2. The van der Waals surface area contributed by atoms with Gasteiger partial charge in [-0.1, -0.05) is 72.6 Å². The molecule has 4 atom stereocenters. The molecular formula is C84H108N20. The number of benzene rings is 4. The van der Waals surface area contributed by atoms with Gasteiger partial charge in [0.2, 0.25) is 0 Å². The van der Waals surface area contributed by atoms with Gasteiger partial charge in [0.1, 0.15) is 23.3 Å². The molecule has 20 nitrogen and oxygen atoms in total. The van der Waals surface area contributed by atoms with E-state index in [1.165, 1.54) is 11.1 Å². The maximum atomic E-state index is 8.89. The van der Waals surface area contributed by atoms with E-state index in [-0.39, 0.29) is 148 Å². The van der Waals surface area contributed by atoms with E-state index in [1.54, 1.807) is 55.0 Å². The smallest absolute Gasteiger partial charge is 0.121 e. The fraction of sp³-hybridized carbons (Fsp3) is 0.429. The summed E-state index contributed by atoms with van der Waals surface area (Å²) in [5.41, 5.74) is 27.9. The van der Waals surface area contributed by atoms with Crippen LogP contribution < -0.4 is 22.9 Å². The summed E-state index contributed by atoms with van der Waals surface area (Å²) in [6.07, 6.45) is -4.55. The number of nitrogens with zero attached hydrogens (tertiary/aromatic N) is 12. The number of nitrogens with one attached hydrogen (secondary N) is 4. The van der Waals surface area contributed by atoms with Crippen molar-refractivity contribution in [1.29, 1.82) is 0 Å². The largest absolute Gasteiger partial charge is 0.341 e. The number of imidazole rings is 4. The van der Waals surface area contributed by atoms with Crippen LogP contribution in [0.4, 0.5) is 0 Å². The van der Waals surface area contributed by atoms with E-state index >= 15 is 0 Å². The van der Waals surface area contributed by atoms with E-state index in [0.717, 1.165) is 53.8 Å². The van der Waals surface area contributed by atoms with Gasteiger partial charge in [-0.15, -0.1) is 0 Å². The van der Waals surface area contributed by atoms with Crippen LogP contribution in [0.5, 0.6) is 0 Å². The second kappa shape index (κ2) is 37.7. The maximum Gasteiger partial charge on any atom is 0.121 e. The molecule has 12 N–H and O–H groups in total. The quantitative estimate of drug-likeness (QED) is 0.0212. The molecule has 20 heteroatoms. The number of pyridine rings is 4. The first-order chi connectivity index (χ1) is 65.4. The average molecular weight is 1430 g/mol. The van der Waals surface area contributed by atoms with Crippen molar-refractivity contribution >= 4 is 44.1 Å². The van der Waals surface area contributed by atoms with Crippen molar-refractivity contribution in [1.82, 2.24) is 79.4 Å². The van der Waals surface area contributed by atoms with E-state index in [4.69, 9.17) is 72.3 Å². The Bertz CT molecular complexity index is 6360. The van der Waals surface area contributed by atoms with E-state index in [1.807, 2.05) is 17.0 Å². The lowest BCUT2D eigenvalue weighted by Crippen LogP contribution is -2.33. The molecule has 16 rings (SSSR count). The molecule has 8 aromatic heterocycles. The molecule has 0 bridgehead atoms. The number of rotatable bonds is 28. The summed E-state index contributed by atoms with van der Waals surface area (Å²) >= 11 is 0. The second-order valence-corrected chi connectivity index (χ2v) is 25.0. The van der Waals surface area contributed by atoms with Gasteiger partial charge in [0.25, 0.3) is 0 Å². The van der Waals surface area contributed by atoms with Crippen LogP contribution in [0.25, 0.3) is 44.1 Å². The Kier molecular flexibility index (Phi) is 14.9. The number of para-hydroxylation sites is 8. The molecule has 0 amide bonds. The number of hydrogen-bond donors (Lipinski definition) is 8. The molecule has 8 heterocycles. The highest BCUT2D eigenvalue weighted by Crippen LogP contribution is 2.38. The monoisotopic (exact) mass is 1430 g/mol. The maximum absolute atomic E-state index is 8.89. The number of nitrogens with two attached hydrogens (primary N) is 4. The van der Waals surface area contributed by atoms with Crippen LogP contribution in [0.3, 0.4) is 0 Å². The molecule has 0 unspecified atom stereocenters. The van der Waals surface area contributed by atoms with Gasteiger partial charge in [-0.2, -0.15) is 0 Å². The van der Waals surface area contributed by atoms with Gasteiger partial charge in [0, 0.05) is 52.2 Å². The minimum atomic E-state index is -3.49. The van der Waals surface area contributed by atoms with E-state index in [9.17, 15) is 0 Å². The molecule has 4 aliphatic carbocycles. The zero-order chi connectivity index (χ0) is 103. The summed E-state index contributed by atoms with van der Waals surface area (Å²) in [6.45, 7) is -7.89. The van der Waals surface area contributed by atoms with E-state index < -0.39 is 126 Å². The SMILES string of the molecule is [2H]c1c([2H])c([2H])c2[nH]c(CN(CCCCN)[C@H]3CC([2H])([2H])C([2H])([2H])c4cccnc43)nc2c1[2H].[2H]c1c([2H])c([2H])c2[nH]c(CN(CCCCN)[C@H]3CCC([2H])([2H])c4cccnc43)nc2c1[2H].[2H]c1c([2H])c([2H])c2[nH]c(CN([C@H]3CCCc4cccnc43)C([2H])([2H])C([2H])([2H])C([2H])([2H])C([2H])([2H])N)nc2c1[2H].[2H]c1c([2H])c([2H])c2[nH]c(CN([C@H]3CCCc4cccnc43)C([2H])([2H])C([2H])([2H])C([2H])([2H])CN)nc2c1[2H]. The van der Waals surface area contributed by atoms with Crippen LogP contribution in [0.1, 0.15) is 244 Å². The van der Waals surface area contributed by atoms with Crippen molar-refractivity contribution in [3.63, 3.8) is 0 Å². The number of aryl methyl sites for hydroxylation is 4. The van der Waals surface area contributed by atoms with Crippen molar-refractivity contribution in [2.45, 2.75) is 178 Å². The Balaban J connectivity index is 0.000000157. The Morgan fingerprint density at radius 3 is 1.16 bits per heavy atom. The van der Waals surface area contributed by atoms with Crippen LogP contribution in [-0.4, -0.2) is 132 Å². The summed E-state index contributed by atoms with van der Waals surface area (Å²) in [6, 6.07) is 6.48. The fourth-order valence-corrected chi connectivity index (χ4v) is 13.4. The van der Waals surface area contributed by atoms with Gasteiger partial charge in [-0.3, -0.25) is 39.5 Å². The van der Waals surface area contributed by atoms with Crippen molar-refractivity contribution in [3.05, 3.63) is 238 Å². The summed E-state index contributed by atoms with van der Waals surface area (Å²) < 4.78 is 296. The van der Waals surface area contributed by atoms with Crippen molar-refractivity contribution < 1.29 is 49.3 Å². The second-order valence-electron chi connectivity index (χ2n) is 25.0. The molecular weight excluding hydrogens is 1290 g/mol. The van der Waals surface area contributed by atoms with Gasteiger partial charge >= 0.3 is 0 Å². The summed E-state index contributed by atoms with van der Waals surface area (Å²) in [7, 11) is 0. The van der Waals surface area contributed by atoms with E-state index in [0.29, 0.717) is 117 Å². The lowest BCUT2D eigenvalue weighted by molar-refractivity contribution is 0.159. The summed E-state index contributed by atoms with van der Waals surface area (Å²) in [5.74, 6) is 1.05. The molecule has 0 saturated carbocycles. The summed E-state index contributed by atoms with van der Waals surface area (Å²) in [4.78, 5) is 53.4. The lowest BCUT2D eigenvalue weighted by atomic mass is 9.90. The minimum absolute atomic E-state index is 0.00829. The number of fused-ring (bicyclic) bond motifs is 8. The Labute approximate surface area is 663 Å². The number of hydrogen-bond acceptors (Lipinski definition) is 16. The molecule has 104 heavy (non-hydrogen) atoms. The van der Waals surface area contributed by atoms with Gasteiger partial charge in [0.15, 0.2) is 0 Å². The molecule has 0 aliphatic heterocycles. The third kappa shape index (κ3) is 19.1. The Hall–Kier alpha value is -8.96. The third-order valence-corrected chi connectivity index (χ3v) is 18.1. The molecule has 4 aromatic carbocycles. The molecule has 0 radical (unpaired) electrons. The normalized spacial score (nSPS) is 24.3. The van der Waals surface area contributed by atoms with Crippen LogP contribution in [0, 0.1) is 0 Å². The Morgan fingerprint density at radius 2 is 0.750 bits per heavy atom. The van der Waals surface area contributed by atoms with Gasteiger partial charge in [-0.05, 0) is 275 Å². The van der Waals surface area contributed by atoms with Crippen molar-refractivity contribution in [2.24, 2.45) is 22.9 Å². The fourth-order valence-electron chi connectivity index (χ4n) is 13.4. The molecule has 0 saturated heterocycles. The number of H-pyrrole nitrogens is 4. The zero-order valence-corrected chi connectivity index (χ0v) is 57.5. The number of aromatic amines is 4. The van der Waals surface area contributed by atoms with Crippen molar-refractivity contribution in [2.75, 3.05) is 52.2 Å². The third-order valence-electron chi connectivity index (χ3n) is 18.1. The van der Waals surface area contributed by atoms with Crippen LogP contribution in [0.2, 0.25) is 0 Å². The average Bonchev–Trinajstić information content (AvgIpc) is 0.739. The molecule has 0 spiro atoms. The van der Waals surface area contributed by atoms with Gasteiger partial charge < -0.3 is 42.9 Å². The Morgan fingerprint density at radius 1 is 0.394 bits per heavy atom. The zero-order valence-electron chi connectivity index (χ0n) is 93.5. The molecule has 544 valence electrons. The molecule has 0 fully saturated rings. The van der Waals surface area contributed by atoms with Crippen molar-refractivity contribution in [3.8, 4) is 0 Å². The van der Waals surface area contributed by atoms with E-state index in [2.05, 4.69) is 64.7 Å². The van der Waals surface area contributed by atoms with Gasteiger partial charge in [0.05, 0.1) is 139 Å².